The molecule has 8 heteroatoms. The number of benzene rings is 3. The van der Waals surface area contributed by atoms with E-state index in [1.165, 1.54) is 0 Å². The number of aromatic nitrogens is 3. The molecule has 0 fully saturated rings. The van der Waals surface area contributed by atoms with E-state index in [4.69, 9.17) is 4.74 Å². The topological polar surface area (TPSA) is 117 Å². The molecule has 176 valence electrons. The fourth-order valence-corrected chi connectivity index (χ4v) is 3.34. The first-order valence-electron chi connectivity index (χ1n) is 10.9. The molecule has 0 saturated heterocycles. The number of carbonyl (C=O) groups is 1. The number of phenolic OH excluding ortho intramolecular Hbond substituents is 2. The Morgan fingerprint density at radius 3 is 2.09 bits per heavy atom. The zero-order chi connectivity index (χ0) is 24.8. The minimum Gasteiger partial charge on any atom is -0.508 e. The fraction of sp³-hybridized carbons (Fsp3) is 0.111. The third-order valence-corrected chi connectivity index (χ3v) is 4.92. The van der Waals surface area contributed by atoms with Crippen LogP contribution in [0, 0.1) is 0 Å². The first-order chi connectivity index (χ1) is 16.8. The van der Waals surface area contributed by atoms with E-state index in [9.17, 15) is 15.0 Å². The maximum atomic E-state index is 11.9. The van der Waals surface area contributed by atoms with Crippen molar-refractivity contribution in [3.05, 3.63) is 108 Å². The lowest BCUT2D eigenvalue weighted by molar-refractivity contribution is -0.130. The highest BCUT2D eigenvalue weighted by Crippen LogP contribution is 2.21. The number of carbonyl (C=O) groups excluding carboxylic acids is 1. The van der Waals surface area contributed by atoms with E-state index in [2.05, 4.69) is 26.8 Å². The van der Waals surface area contributed by atoms with Crippen LogP contribution in [0.2, 0.25) is 0 Å². The number of hydrogen-bond donors (Lipinski definition) is 3. The van der Waals surface area contributed by atoms with Gasteiger partial charge in [-0.2, -0.15) is 9.97 Å². The zero-order valence-electron chi connectivity index (χ0n) is 19.1. The van der Waals surface area contributed by atoms with Crippen LogP contribution in [0.15, 0.2) is 84.9 Å². The van der Waals surface area contributed by atoms with Gasteiger partial charge in [0.2, 0.25) is 5.95 Å². The highest BCUT2D eigenvalue weighted by Gasteiger charge is 2.11. The zero-order valence-corrected chi connectivity index (χ0v) is 19.1. The second-order valence-corrected chi connectivity index (χ2v) is 8.01. The normalized spacial score (nSPS) is 10.5. The standard InChI is InChI=1S/C27H24N4O4/c1-17(2)26(34)35-23-11-4-7-19(13-23)15-25-29-24(14-18-6-3-9-21(32)12-18)30-27(31-25)28-20-8-5-10-22(33)16-20/h3-13,16,32-33H,1,14-15H2,2H3,(H,28,29,30,31). The minimum absolute atomic E-state index is 0.116. The van der Waals surface area contributed by atoms with Gasteiger partial charge in [-0.15, -0.1) is 0 Å². The molecule has 0 bridgehead atoms. The first-order valence-corrected chi connectivity index (χ1v) is 10.9. The molecular weight excluding hydrogens is 444 g/mol. The van der Waals surface area contributed by atoms with Gasteiger partial charge in [0.25, 0.3) is 0 Å². The molecule has 1 heterocycles. The van der Waals surface area contributed by atoms with Crippen LogP contribution in [0.25, 0.3) is 0 Å². The molecule has 0 amide bonds. The summed E-state index contributed by atoms with van der Waals surface area (Å²) in [5, 5.41) is 22.7. The molecule has 3 N–H and O–H groups in total. The number of hydrogen-bond acceptors (Lipinski definition) is 8. The smallest absolute Gasteiger partial charge is 0.338 e. The highest BCUT2D eigenvalue weighted by atomic mass is 16.5. The third kappa shape index (κ3) is 6.64. The average Bonchev–Trinajstić information content (AvgIpc) is 2.79. The molecule has 1 aromatic heterocycles. The molecule has 0 spiro atoms. The summed E-state index contributed by atoms with van der Waals surface area (Å²) in [5.74, 6) is 1.52. The summed E-state index contributed by atoms with van der Waals surface area (Å²) in [6.07, 6.45) is 0.748. The molecule has 35 heavy (non-hydrogen) atoms. The Labute approximate surface area is 202 Å². The van der Waals surface area contributed by atoms with Crippen molar-refractivity contribution in [2.24, 2.45) is 0 Å². The molecule has 0 radical (unpaired) electrons. The molecule has 4 rings (SSSR count). The second kappa shape index (κ2) is 10.5. The van der Waals surface area contributed by atoms with Crippen molar-refractivity contribution < 1.29 is 19.7 Å². The van der Waals surface area contributed by atoms with Gasteiger partial charge in [0.05, 0.1) is 0 Å². The van der Waals surface area contributed by atoms with Crippen molar-refractivity contribution in [2.75, 3.05) is 5.32 Å². The fourth-order valence-electron chi connectivity index (χ4n) is 3.34. The molecule has 4 aromatic rings. The van der Waals surface area contributed by atoms with Crippen LogP contribution in [0.5, 0.6) is 17.2 Å². The van der Waals surface area contributed by atoms with Crippen LogP contribution in [0.4, 0.5) is 11.6 Å². The first kappa shape index (κ1) is 23.4. The highest BCUT2D eigenvalue weighted by molar-refractivity contribution is 5.88. The van der Waals surface area contributed by atoms with Crippen LogP contribution in [0.1, 0.15) is 29.7 Å². The van der Waals surface area contributed by atoms with E-state index in [1.54, 1.807) is 67.6 Å². The van der Waals surface area contributed by atoms with E-state index in [1.807, 2.05) is 12.1 Å². The quantitative estimate of drug-likeness (QED) is 0.194. The number of ether oxygens (including phenoxy) is 1. The Morgan fingerprint density at radius 2 is 1.46 bits per heavy atom. The van der Waals surface area contributed by atoms with Gasteiger partial charge in [-0.1, -0.05) is 36.9 Å². The summed E-state index contributed by atoms with van der Waals surface area (Å²) < 4.78 is 5.33. The Morgan fingerprint density at radius 1 is 0.857 bits per heavy atom. The number of nitrogens with zero attached hydrogens (tertiary/aromatic N) is 3. The molecule has 8 nitrogen and oxygen atoms in total. The Hall–Kier alpha value is -4.72. The lowest BCUT2D eigenvalue weighted by Gasteiger charge is -2.11. The van der Waals surface area contributed by atoms with Gasteiger partial charge in [-0.05, 0) is 54.4 Å². The van der Waals surface area contributed by atoms with Gasteiger partial charge >= 0.3 is 5.97 Å². The summed E-state index contributed by atoms with van der Waals surface area (Å²) in [5.41, 5.74) is 2.63. The van der Waals surface area contributed by atoms with Gasteiger partial charge < -0.3 is 20.3 Å². The molecule has 3 aromatic carbocycles. The number of nitrogens with one attached hydrogen (secondary N) is 1. The van der Waals surface area contributed by atoms with Crippen molar-refractivity contribution >= 4 is 17.6 Å². The van der Waals surface area contributed by atoms with Gasteiger partial charge in [-0.3, -0.25) is 0 Å². The van der Waals surface area contributed by atoms with E-state index in [-0.39, 0.29) is 11.5 Å². The van der Waals surface area contributed by atoms with Crippen molar-refractivity contribution in [1.29, 1.82) is 0 Å². The molecule has 0 aliphatic heterocycles. The molecule has 0 aliphatic rings. The lowest BCUT2D eigenvalue weighted by Crippen LogP contribution is -2.10. The van der Waals surface area contributed by atoms with Crippen LogP contribution >= 0.6 is 0 Å². The van der Waals surface area contributed by atoms with Gasteiger partial charge in [0, 0.05) is 30.2 Å². The summed E-state index contributed by atoms with van der Waals surface area (Å²) >= 11 is 0. The SMILES string of the molecule is C=C(C)C(=O)Oc1cccc(Cc2nc(Cc3cccc(O)c3)nc(Nc3cccc(O)c3)n2)c1. The average molecular weight is 469 g/mol. The molecule has 0 atom stereocenters. The summed E-state index contributed by atoms with van der Waals surface area (Å²) in [4.78, 5) is 25.6. The third-order valence-electron chi connectivity index (χ3n) is 4.92. The number of esters is 1. The molecule has 0 saturated carbocycles. The number of phenols is 2. The monoisotopic (exact) mass is 468 g/mol. The van der Waals surface area contributed by atoms with Crippen LogP contribution in [-0.2, 0) is 17.6 Å². The Balaban J connectivity index is 1.63. The maximum absolute atomic E-state index is 11.9. The second-order valence-electron chi connectivity index (χ2n) is 8.01. The predicted molar refractivity (Wildman–Crippen MR) is 132 cm³/mol. The maximum Gasteiger partial charge on any atom is 0.338 e. The van der Waals surface area contributed by atoms with Crippen LogP contribution < -0.4 is 10.1 Å². The molecule has 0 unspecified atom stereocenters. The molecular formula is C27H24N4O4. The van der Waals surface area contributed by atoms with Crippen LogP contribution in [0.3, 0.4) is 0 Å². The number of rotatable bonds is 8. The van der Waals surface area contributed by atoms with E-state index in [0.29, 0.717) is 47.4 Å². The van der Waals surface area contributed by atoms with Gasteiger partial charge in [0.15, 0.2) is 0 Å². The largest absolute Gasteiger partial charge is 0.508 e. The van der Waals surface area contributed by atoms with E-state index in [0.717, 1.165) is 11.1 Å². The van der Waals surface area contributed by atoms with Gasteiger partial charge in [-0.25, -0.2) is 9.78 Å². The Bertz CT molecular complexity index is 1320. The van der Waals surface area contributed by atoms with E-state index < -0.39 is 5.97 Å². The number of anilines is 2. The van der Waals surface area contributed by atoms with Gasteiger partial charge in [0.1, 0.15) is 28.9 Å². The van der Waals surface area contributed by atoms with E-state index >= 15 is 0 Å². The Kier molecular flexibility index (Phi) is 7.02. The minimum atomic E-state index is -0.492. The predicted octanol–water partition coefficient (Wildman–Crippen LogP) is 4.69. The summed E-state index contributed by atoms with van der Waals surface area (Å²) in [6, 6.07) is 20.7. The summed E-state index contributed by atoms with van der Waals surface area (Å²) in [6.45, 7) is 5.19. The molecule has 0 aliphatic carbocycles. The van der Waals surface area contributed by atoms with Crippen molar-refractivity contribution in [3.8, 4) is 17.2 Å². The number of aromatic hydroxyl groups is 2. The van der Waals surface area contributed by atoms with Crippen molar-refractivity contribution in [1.82, 2.24) is 15.0 Å². The van der Waals surface area contributed by atoms with Crippen LogP contribution in [-0.4, -0.2) is 31.1 Å². The van der Waals surface area contributed by atoms with Crippen molar-refractivity contribution in [2.45, 2.75) is 19.8 Å². The lowest BCUT2D eigenvalue weighted by atomic mass is 10.1. The van der Waals surface area contributed by atoms with Crippen molar-refractivity contribution in [3.63, 3.8) is 0 Å². The summed E-state index contributed by atoms with van der Waals surface area (Å²) in [7, 11) is 0.